The van der Waals surface area contributed by atoms with Crippen molar-refractivity contribution in [3.05, 3.63) is 107 Å². The summed E-state index contributed by atoms with van der Waals surface area (Å²) in [5, 5.41) is 11.0. The zero-order valence-electron chi connectivity index (χ0n) is 18.1. The van der Waals surface area contributed by atoms with Gasteiger partial charge in [-0.15, -0.1) is 12.4 Å². The van der Waals surface area contributed by atoms with E-state index >= 15 is 0 Å². The fraction of sp³-hybridized carbons (Fsp3) is 0.308. The highest BCUT2D eigenvalue weighted by atomic mass is 35.5. The van der Waals surface area contributed by atoms with Crippen LogP contribution in [0.25, 0.3) is 0 Å². The lowest BCUT2D eigenvalue weighted by Gasteiger charge is -2.38. The Morgan fingerprint density at radius 2 is 1.18 bits per heavy atom. The fourth-order valence-electron chi connectivity index (χ4n) is 4.16. The molecule has 0 aromatic heterocycles. The number of ether oxygens (including phenoxy) is 1. The van der Waals surface area contributed by atoms with E-state index in [-0.39, 0.29) is 29.9 Å². The quantitative estimate of drug-likeness (QED) is 0.479. The van der Waals surface area contributed by atoms with Gasteiger partial charge >= 0.3 is 0 Å². The smallest absolute Gasteiger partial charge is 0.123 e. The standard InChI is InChI=1S/C26H26F3NO2.ClH/c27-22-7-1-19(2-8-22)25(20-3-9-23(28)10-4-20)32-18-17-30-15-13-26(31,14-16-30)21-5-11-24(29)12-6-21;/h1-12,25,31H,13-18H2;1H. The molecule has 3 aromatic carbocycles. The first-order valence-electron chi connectivity index (χ1n) is 10.8. The summed E-state index contributed by atoms with van der Waals surface area (Å²) in [7, 11) is 0. The van der Waals surface area contributed by atoms with Gasteiger partial charge in [-0.2, -0.15) is 0 Å². The highest BCUT2D eigenvalue weighted by molar-refractivity contribution is 5.85. The molecule has 176 valence electrons. The predicted octanol–water partition coefficient (Wildman–Crippen LogP) is 5.62. The van der Waals surface area contributed by atoms with E-state index in [1.165, 1.54) is 36.4 Å². The summed E-state index contributed by atoms with van der Waals surface area (Å²) < 4.78 is 46.1. The number of benzene rings is 3. The molecule has 3 aromatic rings. The molecule has 0 aliphatic carbocycles. The molecular weight excluding hydrogens is 451 g/mol. The third-order valence-corrected chi connectivity index (χ3v) is 6.10. The Balaban J connectivity index is 0.00000306. The van der Waals surface area contributed by atoms with E-state index in [1.54, 1.807) is 36.4 Å². The highest BCUT2D eigenvalue weighted by Crippen LogP contribution is 2.33. The average molecular weight is 478 g/mol. The molecule has 0 bridgehead atoms. The molecule has 0 saturated carbocycles. The van der Waals surface area contributed by atoms with E-state index in [0.29, 0.717) is 39.1 Å². The first-order chi connectivity index (χ1) is 15.4. The zero-order valence-corrected chi connectivity index (χ0v) is 18.9. The topological polar surface area (TPSA) is 32.7 Å². The molecule has 0 amide bonds. The Morgan fingerprint density at radius 3 is 1.64 bits per heavy atom. The highest BCUT2D eigenvalue weighted by Gasteiger charge is 2.33. The van der Waals surface area contributed by atoms with Crippen LogP contribution in [0.3, 0.4) is 0 Å². The molecule has 33 heavy (non-hydrogen) atoms. The molecule has 1 heterocycles. The van der Waals surface area contributed by atoms with Crippen molar-refractivity contribution in [1.82, 2.24) is 4.90 Å². The van der Waals surface area contributed by atoms with Crippen LogP contribution in [0.5, 0.6) is 0 Å². The number of likely N-dealkylation sites (tertiary alicyclic amines) is 1. The van der Waals surface area contributed by atoms with Crippen molar-refractivity contribution in [2.45, 2.75) is 24.5 Å². The van der Waals surface area contributed by atoms with Gasteiger partial charge in [-0.3, -0.25) is 0 Å². The van der Waals surface area contributed by atoms with Gasteiger partial charge in [0.2, 0.25) is 0 Å². The number of piperidine rings is 1. The molecule has 1 saturated heterocycles. The number of hydrogen-bond donors (Lipinski definition) is 1. The second-order valence-corrected chi connectivity index (χ2v) is 8.23. The Hall–Kier alpha value is -2.38. The SMILES string of the molecule is Cl.OC1(c2ccc(F)cc2)CCN(CCOC(c2ccc(F)cc2)c2ccc(F)cc2)CC1. The molecule has 1 fully saturated rings. The Labute approximate surface area is 198 Å². The van der Waals surface area contributed by atoms with Crippen LogP contribution in [-0.2, 0) is 10.3 Å². The van der Waals surface area contributed by atoms with Gasteiger partial charge in [-0.1, -0.05) is 36.4 Å². The van der Waals surface area contributed by atoms with Crippen molar-refractivity contribution in [2.24, 2.45) is 0 Å². The molecule has 1 aliphatic rings. The second-order valence-electron chi connectivity index (χ2n) is 8.23. The van der Waals surface area contributed by atoms with Crippen LogP contribution in [0.1, 0.15) is 35.6 Å². The first kappa shape index (κ1) is 25.2. The minimum absolute atomic E-state index is 0. The van der Waals surface area contributed by atoms with Gasteiger partial charge in [-0.25, -0.2) is 13.2 Å². The van der Waals surface area contributed by atoms with E-state index in [0.717, 1.165) is 16.7 Å². The van der Waals surface area contributed by atoms with Gasteiger partial charge in [0.25, 0.3) is 0 Å². The minimum atomic E-state index is -0.949. The molecule has 0 spiro atoms. The van der Waals surface area contributed by atoms with Crippen LogP contribution in [0, 0.1) is 17.5 Å². The molecule has 0 unspecified atom stereocenters. The Bertz CT molecular complexity index is 960. The van der Waals surface area contributed by atoms with Crippen LogP contribution in [0.4, 0.5) is 13.2 Å². The maximum Gasteiger partial charge on any atom is 0.123 e. The number of hydrogen-bond acceptors (Lipinski definition) is 3. The maximum atomic E-state index is 13.4. The van der Waals surface area contributed by atoms with Crippen molar-refractivity contribution in [1.29, 1.82) is 0 Å². The summed E-state index contributed by atoms with van der Waals surface area (Å²) >= 11 is 0. The van der Waals surface area contributed by atoms with Crippen LogP contribution in [-0.4, -0.2) is 36.2 Å². The van der Waals surface area contributed by atoms with Crippen molar-refractivity contribution >= 4 is 12.4 Å². The van der Waals surface area contributed by atoms with Gasteiger partial charge in [-0.05, 0) is 65.9 Å². The van der Waals surface area contributed by atoms with E-state index in [1.807, 2.05) is 0 Å². The minimum Gasteiger partial charge on any atom is -0.385 e. The number of nitrogens with zero attached hydrogens (tertiary/aromatic N) is 1. The normalized spacial score (nSPS) is 15.9. The van der Waals surface area contributed by atoms with Crippen LogP contribution in [0.2, 0.25) is 0 Å². The van der Waals surface area contributed by atoms with Gasteiger partial charge in [0.15, 0.2) is 0 Å². The maximum absolute atomic E-state index is 13.4. The Morgan fingerprint density at radius 1 is 0.758 bits per heavy atom. The molecule has 4 rings (SSSR count). The fourth-order valence-corrected chi connectivity index (χ4v) is 4.16. The number of halogens is 4. The van der Waals surface area contributed by atoms with Crippen LogP contribution in [0.15, 0.2) is 72.8 Å². The second kappa shape index (κ2) is 11.2. The third kappa shape index (κ3) is 6.36. The van der Waals surface area contributed by atoms with Gasteiger partial charge in [0.1, 0.15) is 23.6 Å². The summed E-state index contributed by atoms with van der Waals surface area (Å²) in [5.74, 6) is -0.967. The van der Waals surface area contributed by atoms with Crippen LogP contribution < -0.4 is 0 Å². The van der Waals surface area contributed by atoms with Crippen molar-refractivity contribution in [3.63, 3.8) is 0 Å². The summed E-state index contributed by atoms with van der Waals surface area (Å²) in [4.78, 5) is 2.21. The summed E-state index contributed by atoms with van der Waals surface area (Å²) in [6, 6.07) is 18.3. The molecule has 1 aliphatic heterocycles. The zero-order chi connectivity index (χ0) is 22.6. The molecule has 0 atom stereocenters. The van der Waals surface area contributed by atoms with Crippen molar-refractivity contribution in [2.75, 3.05) is 26.2 Å². The molecule has 7 heteroatoms. The average Bonchev–Trinajstić information content (AvgIpc) is 2.80. The summed E-state index contributed by atoms with van der Waals surface area (Å²) in [6.07, 6.45) is 0.674. The lowest BCUT2D eigenvalue weighted by atomic mass is 9.84. The monoisotopic (exact) mass is 477 g/mol. The third-order valence-electron chi connectivity index (χ3n) is 6.10. The molecule has 1 N–H and O–H groups in total. The van der Waals surface area contributed by atoms with Gasteiger partial charge in [0, 0.05) is 19.6 Å². The first-order valence-corrected chi connectivity index (χ1v) is 10.8. The molecular formula is C26H27ClF3NO2. The van der Waals surface area contributed by atoms with E-state index in [9.17, 15) is 18.3 Å². The van der Waals surface area contributed by atoms with Gasteiger partial charge in [0.05, 0.1) is 12.2 Å². The lowest BCUT2D eigenvalue weighted by Crippen LogP contribution is -2.43. The van der Waals surface area contributed by atoms with Crippen molar-refractivity contribution < 1.29 is 23.0 Å². The molecule has 3 nitrogen and oxygen atoms in total. The summed E-state index contributed by atoms with van der Waals surface area (Å²) in [6.45, 7) is 2.47. The van der Waals surface area contributed by atoms with E-state index in [4.69, 9.17) is 4.74 Å². The summed E-state index contributed by atoms with van der Waals surface area (Å²) in [5.41, 5.74) is 1.38. The molecule has 0 radical (unpaired) electrons. The van der Waals surface area contributed by atoms with Crippen molar-refractivity contribution in [3.8, 4) is 0 Å². The lowest BCUT2D eigenvalue weighted by molar-refractivity contribution is -0.0339. The Kier molecular flexibility index (Phi) is 8.54. The van der Waals surface area contributed by atoms with E-state index in [2.05, 4.69) is 4.90 Å². The van der Waals surface area contributed by atoms with Crippen LogP contribution >= 0.6 is 12.4 Å². The number of aliphatic hydroxyl groups is 1. The number of rotatable bonds is 7. The predicted molar refractivity (Wildman–Crippen MR) is 124 cm³/mol. The van der Waals surface area contributed by atoms with E-state index < -0.39 is 11.7 Å². The van der Waals surface area contributed by atoms with Gasteiger partial charge < -0.3 is 14.7 Å². The largest absolute Gasteiger partial charge is 0.385 e.